The number of likely N-dealkylation sites (N-methyl/N-ethyl adjacent to an activating group) is 1. The van der Waals surface area contributed by atoms with Gasteiger partial charge in [-0.3, -0.25) is 19.6 Å². The largest absolute Gasteiger partial charge is 0.361 e. The molecule has 8 heteroatoms. The number of fused-ring (bicyclic) bond motifs is 1. The minimum absolute atomic E-state index is 0.256. The number of nitrogens with one attached hydrogen (secondary N) is 4. The fourth-order valence-corrected chi connectivity index (χ4v) is 3.23. The molecule has 5 N–H and O–H groups in total. The molecule has 3 amide bonds. The molecule has 8 nitrogen and oxygen atoms in total. The molecule has 0 spiro atoms. The summed E-state index contributed by atoms with van der Waals surface area (Å²) in [5, 5.41) is 15.2. The summed E-state index contributed by atoms with van der Waals surface area (Å²) in [6.07, 6.45) is 5.11. The van der Waals surface area contributed by atoms with Crippen LogP contribution in [0.3, 0.4) is 0 Å². The van der Waals surface area contributed by atoms with Crippen molar-refractivity contribution in [2.24, 2.45) is 0 Å². The zero-order valence-electron chi connectivity index (χ0n) is 17.0. The minimum Gasteiger partial charge on any atom is -0.361 e. The van der Waals surface area contributed by atoms with Gasteiger partial charge in [-0.1, -0.05) is 30.3 Å². The van der Waals surface area contributed by atoms with Gasteiger partial charge in [0.1, 0.15) is 6.04 Å². The van der Waals surface area contributed by atoms with Crippen molar-refractivity contribution in [2.45, 2.75) is 19.4 Å². The molecule has 0 aliphatic rings. The van der Waals surface area contributed by atoms with Crippen LogP contribution >= 0.6 is 0 Å². The highest BCUT2D eigenvalue weighted by molar-refractivity contribution is 5.96. The normalized spacial score (nSPS) is 11.9. The Labute approximate surface area is 179 Å². The highest BCUT2D eigenvalue weighted by Gasteiger charge is 2.21. The molecule has 2 aromatic carbocycles. The van der Waals surface area contributed by atoms with Gasteiger partial charge in [0.25, 0.3) is 5.91 Å². The van der Waals surface area contributed by atoms with Crippen molar-refractivity contribution >= 4 is 34.7 Å². The standard InChI is InChI=1S/C23H24N4O4/c1-2-24-23(30)20(13-17-14-25-19-6-4-3-5-18(17)19)26-21(28)12-9-15-7-10-16(11-8-15)22(29)27-31/h3-12,14,20,25,31H,2,13H2,1H3,(H,24,30)(H,26,28)(H,27,29)/b12-9+/t20-/m0/s1. The Hall–Kier alpha value is -3.91. The number of hydrogen-bond acceptors (Lipinski definition) is 4. The van der Waals surface area contributed by atoms with Gasteiger partial charge in [0.15, 0.2) is 0 Å². The molecule has 1 heterocycles. The second-order valence-corrected chi connectivity index (χ2v) is 6.92. The lowest BCUT2D eigenvalue weighted by molar-refractivity contribution is -0.127. The van der Waals surface area contributed by atoms with Gasteiger partial charge in [-0.2, -0.15) is 0 Å². The molecule has 0 saturated heterocycles. The number of hydroxylamine groups is 1. The molecule has 0 aliphatic heterocycles. The lowest BCUT2D eigenvalue weighted by Gasteiger charge is -2.17. The van der Waals surface area contributed by atoms with Crippen LogP contribution in [-0.2, 0) is 16.0 Å². The van der Waals surface area contributed by atoms with Crippen LogP contribution in [0.4, 0.5) is 0 Å². The van der Waals surface area contributed by atoms with Crippen molar-refractivity contribution in [3.05, 3.63) is 77.5 Å². The number of benzene rings is 2. The number of carbonyl (C=O) groups is 3. The summed E-state index contributed by atoms with van der Waals surface area (Å²) in [5.41, 5.74) is 4.45. The van der Waals surface area contributed by atoms with Gasteiger partial charge < -0.3 is 15.6 Å². The summed E-state index contributed by atoms with van der Waals surface area (Å²) < 4.78 is 0. The lowest BCUT2D eigenvalue weighted by atomic mass is 10.0. The van der Waals surface area contributed by atoms with E-state index >= 15 is 0 Å². The predicted octanol–water partition coefficient (Wildman–Crippen LogP) is 2.16. The third-order valence-electron chi connectivity index (χ3n) is 4.78. The smallest absolute Gasteiger partial charge is 0.274 e. The molecule has 0 bridgehead atoms. The third-order valence-corrected chi connectivity index (χ3v) is 4.78. The monoisotopic (exact) mass is 420 g/mol. The Morgan fingerprint density at radius 3 is 2.55 bits per heavy atom. The van der Waals surface area contributed by atoms with Gasteiger partial charge in [0, 0.05) is 41.7 Å². The molecule has 1 atom stereocenters. The van der Waals surface area contributed by atoms with Gasteiger partial charge in [-0.25, -0.2) is 5.48 Å². The van der Waals surface area contributed by atoms with E-state index in [4.69, 9.17) is 5.21 Å². The van der Waals surface area contributed by atoms with Crippen LogP contribution in [0, 0.1) is 0 Å². The fourth-order valence-electron chi connectivity index (χ4n) is 3.23. The first-order chi connectivity index (χ1) is 15.0. The van der Waals surface area contributed by atoms with E-state index in [1.165, 1.54) is 18.2 Å². The van der Waals surface area contributed by atoms with Crippen molar-refractivity contribution in [3.63, 3.8) is 0 Å². The number of carbonyl (C=O) groups excluding carboxylic acids is 3. The Bertz CT molecular complexity index is 1100. The predicted molar refractivity (Wildman–Crippen MR) is 117 cm³/mol. The molecule has 0 aliphatic carbocycles. The molecule has 0 radical (unpaired) electrons. The van der Waals surface area contributed by atoms with E-state index in [9.17, 15) is 14.4 Å². The minimum atomic E-state index is -0.730. The summed E-state index contributed by atoms with van der Waals surface area (Å²) in [5.74, 6) is -1.28. The summed E-state index contributed by atoms with van der Waals surface area (Å²) >= 11 is 0. The fraction of sp³-hybridized carbons (Fsp3) is 0.174. The molecular formula is C23H24N4O4. The zero-order valence-corrected chi connectivity index (χ0v) is 17.0. The average molecular weight is 420 g/mol. The van der Waals surface area contributed by atoms with E-state index in [0.717, 1.165) is 16.5 Å². The second-order valence-electron chi connectivity index (χ2n) is 6.92. The van der Waals surface area contributed by atoms with Gasteiger partial charge in [-0.05, 0) is 42.3 Å². The maximum atomic E-state index is 12.5. The van der Waals surface area contributed by atoms with Crippen molar-refractivity contribution < 1.29 is 19.6 Å². The second kappa shape index (κ2) is 10.2. The van der Waals surface area contributed by atoms with E-state index in [1.54, 1.807) is 23.7 Å². The van der Waals surface area contributed by atoms with Crippen LogP contribution in [0.1, 0.15) is 28.4 Å². The van der Waals surface area contributed by atoms with Crippen LogP contribution in [-0.4, -0.2) is 40.5 Å². The van der Waals surface area contributed by atoms with E-state index in [-0.39, 0.29) is 5.91 Å². The van der Waals surface area contributed by atoms with Crippen LogP contribution in [0.5, 0.6) is 0 Å². The van der Waals surface area contributed by atoms with Crippen molar-refractivity contribution in [1.82, 2.24) is 21.1 Å². The Kier molecular flexibility index (Phi) is 7.18. The number of H-pyrrole nitrogens is 1. The average Bonchev–Trinajstić information content (AvgIpc) is 3.20. The summed E-state index contributed by atoms with van der Waals surface area (Å²) in [4.78, 5) is 39.5. The number of amides is 3. The highest BCUT2D eigenvalue weighted by atomic mass is 16.5. The number of hydrogen-bond donors (Lipinski definition) is 5. The van der Waals surface area contributed by atoms with E-state index in [2.05, 4.69) is 15.6 Å². The van der Waals surface area contributed by atoms with Crippen LogP contribution in [0.2, 0.25) is 0 Å². The topological polar surface area (TPSA) is 123 Å². The van der Waals surface area contributed by atoms with E-state index in [1.807, 2.05) is 37.4 Å². The first kappa shape index (κ1) is 21.8. The summed E-state index contributed by atoms with van der Waals surface area (Å²) in [6, 6.07) is 13.4. The first-order valence-electron chi connectivity index (χ1n) is 9.87. The molecule has 3 aromatic rings. The summed E-state index contributed by atoms with van der Waals surface area (Å²) in [7, 11) is 0. The van der Waals surface area contributed by atoms with E-state index in [0.29, 0.717) is 24.1 Å². The zero-order chi connectivity index (χ0) is 22.2. The van der Waals surface area contributed by atoms with Crippen molar-refractivity contribution in [3.8, 4) is 0 Å². The Morgan fingerprint density at radius 1 is 1.10 bits per heavy atom. The van der Waals surface area contributed by atoms with Gasteiger partial charge in [-0.15, -0.1) is 0 Å². The molecule has 0 unspecified atom stereocenters. The highest BCUT2D eigenvalue weighted by Crippen LogP contribution is 2.19. The van der Waals surface area contributed by atoms with Crippen LogP contribution < -0.4 is 16.1 Å². The molecule has 0 fully saturated rings. The lowest BCUT2D eigenvalue weighted by Crippen LogP contribution is -2.47. The molecule has 3 rings (SSSR count). The maximum Gasteiger partial charge on any atom is 0.274 e. The van der Waals surface area contributed by atoms with Crippen molar-refractivity contribution in [1.29, 1.82) is 0 Å². The van der Waals surface area contributed by atoms with Gasteiger partial charge in [0.05, 0.1) is 0 Å². The Balaban J connectivity index is 1.70. The number of rotatable bonds is 8. The molecule has 31 heavy (non-hydrogen) atoms. The van der Waals surface area contributed by atoms with Gasteiger partial charge >= 0.3 is 0 Å². The summed E-state index contributed by atoms with van der Waals surface area (Å²) in [6.45, 7) is 2.28. The number of aromatic amines is 1. The van der Waals surface area contributed by atoms with Crippen LogP contribution in [0.15, 0.2) is 60.8 Å². The third kappa shape index (κ3) is 5.58. The SMILES string of the molecule is CCNC(=O)[C@H](Cc1c[nH]c2ccccc12)NC(=O)/C=C/c1ccc(C(=O)NO)cc1. The van der Waals surface area contributed by atoms with Crippen LogP contribution in [0.25, 0.3) is 17.0 Å². The van der Waals surface area contributed by atoms with E-state index < -0.39 is 17.9 Å². The molecule has 0 saturated carbocycles. The molecule has 160 valence electrons. The molecule has 1 aromatic heterocycles. The Morgan fingerprint density at radius 2 is 1.84 bits per heavy atom. The number of para-hydroxylation sites is 1. The first-order valence-corrected chi connectivity index (χ1v) is 9.87. The number of aromatic nitrogens is 1. The van der Waals surface area contributed by atoms with Crippen molar-refractivity contribution in [2.75, 3.05) is 6.54 Å². The van der Waals surface area contributed by atoms with Gasteiger partial charge in [0.2, 0.25) is 11.8 Å². The molecular weight excluding hydrogens is 396 g/mol. The quantitative estimate of drug-likeness (QED) is 0.218. The maximum absolute atomic E-state index is 12.5.